The number of nitrogens with zero attached hydrogens (tertiary/aromatic N) is 2. The van der Waals surface area contributed by atoms with Crippen molar-refractivity contribution in [2.24, 2.45) is 5.92 Å². The van der Waals surface area contributed by atoms with Crippen LogP contribution in [0.4, 0.5) is 0 Å². The molecule has 6 heteroatoms. The van der Waals surface area contributed by atoms with E-state index in [9.17, 15) is 9.59 Å². The van der Waals surface area contributed by atoms with Gasteiger partial charge in [-0.3, -0.25) is 9.59 Å². The van der Waals surface area contributed by atoms with Crippen LogP contribution in [0.15, 0.2) is 5.38 Å². The highest BCUT2D eigenvalue weighted by Crippen LogP contribution is 2.32. The zero-order chi connectivity index (χ0) is 14.1. The summed E-state index contributed by atoms with van der Waals surface area (Å²) in [5, 5.41) is 5.99. The van der Waals surface area contributed by atoms with Gasteiger partial charge in [0.05, 0.1) is 10.9 Å². The number of thiazole rings is 1. The molecule has 20 heavy (non-hydrogen) atoms. The molecule has 1 aromatic heterocycles. The smallest absolute Gasteiger partial charge is 0.225 e. The fraction of sp³-hybridized carbons (Fsp3) is 0.643. The van der Waals surface area contributed by atoms with E-state index in [1.54, 1.807) is 11.3 Å². The van der Waals surface area contributed by atoms with Gasteiger partial charge in [0.2, 0.25) is 11.8 Å². The Morgan fingerprint density at radius 3 is 3.00 bits per heavy atom. The molecule has 1 aliphatic heterocycles. The van der Waals surface area contributed by atoms with Gasteiger partial charge in [-0.05, 0) is 19.8 Å². The Labute approximate surface area is 122 Å². The first-order valence-corrected chi connectivity index (χ1v) is 7.99. The van der Waals surface area contributed by atoms with E-state index in [1.165, 1.54) is 0 Å². The first kappa shape index (κ1) is 13.5. The zero-order valence-electron chi connectivity index (χ0n) is 11.6. The number of aromatic nitrogens is 1. The summed E-state index contributed by atoms with van der Waals surface area (Å²) >= 11 is 1.62. The molecule has 2 fully saturated rings. The van der Waals surface area contributed by atoms with Gasteiger partial charge in [-0.15, -0.1) is 11.3 Å². The van der Waals surface area contributed by atoms with Crippen molar-refractivity contribution in [3.05, 3.63) is 16.1 Å². The molecule has 108 valence electrons. The summed E-state index contributed by atoms with van der Waals surface area (Å²) in [6.07, 6.45) is 3.34. The van der Waals surface area contributed by atoms with Crippen LogP contribution in [0.2, 0.25) is 0 Å². The number of likely N-dealkylation sites (tertiary alicyclic amines) is 1. The van der Waals surface area contributed by atoms with Gasteiger partial charge < -0.3 is 10.2 Å². The number of carbonyl (C=O) groups excluding carboxylic acids is 2. The lowest BCUT2D eigenvalue weighted by Crippen LogP contribution is -2.34. The standard InChI is InChI=1S/C14H19N3O2S/c1-9-8-20-12(16-9)4-5-15-14(19)10-6-13(18)17(7-10)11-2-3-11/h8,10-11H,2-7H2,1H3,(H,15,19)/t10-/m0/s1. The quantitative estimate of drug-likeness (QED) is 0.885. The summed E-state index contributed by atoms with van der Waals surface area (Å²) in [6.45, 7) is 3.17. The first-order chi connectivity index (χ1) is 9.63. The molecular weight excluding hydrogens is 274 g/mol. The van der Waals surface area contributed by atoms with Gasteiger partial charge in [0.25, 0.3) is 0 Å². The van der Waals surface area contributed by atoms with Crippen molar-refractivity contribution in [3.63, 3.8) is 0 Å². The van der Waals surface area contributed by atoms with E-state index < -0.39 is 0 Å². The third-order valence-electron chi connectivity index (χ3n) is 3.82. The van der Waals surface area contributed by atoms with Crippen LogP contribution in [0.25, 0.3) is 0 Å². The molecule has 0 radical (unpaired) electrons. The fourth-order valence-electron chi connectivity index (χ4n) is 2.60. The Hall–Kier alpha value is -1.43. The van der Waals surface area contributed by atoms with Crippen molar-refractivity contribution in [1.29, 1.82) is 0 Å². The summed E-state index contributed by atoms with van der Waals surface area (Å²) in [7, 11) is 0. The highest BCUT2D eigenvalue weighted by molar-refractivity contribution is 7.09. The number of hydrogen-bond acceptors (Lipinski definition) is 4. The highest BCUT2D eigenvalue weighted by Gasteiger charge is 2.41. The topological polar surface area (TPSA) is 62.3 Å². The minimum Gasteiger partial charge on any atom is -0.355 e. The lowest BCUT2D eigenvalue weighted by molar-refractivity contribution is -0.129. The van der Waals surface area contributed by atoms with Crippen LogP contribution < -0.4 is 5.32 Å². The van der Waals surface area contributed by atoms with Gasteiger partial charge in [-0.25, -0.2) is 4.98 Å². The number of carbonyl (C=O) groups is 2. The fourth-order valence-corrected chi connectivity index (χ4v) is 3.38. The molecule has 1 N–H and O–H groups in total. The van der Waals surface area contributed by atoms with E-state index in [4.69, 9.17) is 0 Å². The van der Waals surface area contributed by atoms with Crippen LogP contribution in [-0.4, -0.2) is 40.8 Å². The summed E-state index contributed by atoms with van der Waals surface area (Å²) in [6, 6.07) is 0.415. The van der Waals surface area contributed by atoms with Gasteiger partial charge >= 0.3 is 0 Å². The minimum atomic E-state index is -0.166. The molecule has 5 nitrogen and oxygen atoms in total. The number of aryl methyl sites for hydroxylation is 1. The second-order valence-electron chi connectivity index (χ2n) is 5.60. The molecule has 3 rings (SSSR count). The minimum absolute atomic E-state index is 0.00905. The number of amides is 2. The molecule has 1 aromatic rings. The van der Waals surface area contributed by atoms with Crippen LogP contribution in [0, 0.1) is 12.8 Å². The second-order valence-corrected chi connectivity index (χ2v) is 6.54. The summed E-state index contributed by atoms with van der Waals surface area (Å²) in [5.74, 6) is -0.0147. The molecule has 0 aromatic carbocycles. The van der Waals surface area contributed by atoms with Gasteiger partial charge in [0.15, 0.2) is 0 Å². The molecule has 1 saturated heterocycles. The molecule has 1 aliphatic carbocycles. The van der Waals surface area contributed by atoms with Crippen molar-refractivity contribution in [3.8, 4) is 0 Å². The molecule has 1 saturated carbocycles. The van der Waals surface area contributed by atoms with Crippen LogP contribution in [0.1, 0.15) is 30.0 Å². The lowest BCUT2D eigenvalue weighted by Gasteiger charge is -2.15. The molecule has 0 bridgehead atoms. The maximum absolute atomic E-state index is 12.1. The summed E-state index contributed by atoms with van der Waals surface area (Å²) in [5.41, 5.74) is 1.03. The monoisotopic (exact) mass is 293 g/mol. The second kappa shape index (κ2) is 5.52. The number of rotatable bonds is 5. The van der Waals surface area contributed by atoms with Gasteiger partial charge in [-0.1, -0.05) is 0 Å². The normalized spacial score (nSPS) is 22.4. The third-order valence-corrected chi connectivity index (χ3v) is 4.85. The maximum Gasteiger partial charge on any atom is 0.225 e. The Bertz CT molecular complexity index is 524. The van der Waals surface area contributed by atoms with Gasteiger partial charge in [-0.2, -0.15) is 0 Å². The highest BCUT2D eigenvalue weighted by atomic mass is 32.1. The van der Waals surface area contributed by atoms with E-state index in [-0.39, 0.29) is 17.7 Å². The van der Waals surface area contributed by atoms with Crippen molar-refractivity contribution >= 4 is 23.2 Å². The van der Waals surface area contributed by atoms with Crippen molar-refractivity contribution in [2.45, 2.75) is 38.6 Å². The van der Waals surface area contributed by atoms with Crippen LogP contribution in [-0.2, 0) is 16.0 Å². The van der Waals surface area contributed by atoms with Crippen molar-refractivity contribution in [2.75, 3.05) is 13.1 Å². The Balaban J connectivity index is 1.44. The number of hydrogen-bond donors (Lipinski definition) is 1. The zero-order valence-corrected chi connectivity index (χ0v) is 12.4. The Kier molecular flexibility index (Phi) is 3.74. The first-order valence-electron chi connectivity index (χ1n) is 7.11. The predicted molar refractivity (Wildman–Crippen MR) is 76.4 cm³/mol. The SMILES string of the molecule is Cc1csc(CCNC(=O)[C@H]2CC(=O)N(C3CC3)C2)n1. The largest absolute Gasteiger partial charge is 0.355 e. The van der Waals surface area contributed by atoms with E-state index >= 15 is 0 Å². The molecule has 2 amide bonds. The van der Waals surface area contributed by atoms with Crippen LogP contribution in [0.3, 0.4) is 0 Å². The predicted octanol–water partition coefficient (Wildman–Crippen LogP) is 1.12. The molecule has 2 aliphatic rings. The molecular formula is C14H19N3O2S. The van der Waals surface area contributed by atoms with Crippen molar-refractivity contribution < 1.29 is 9.59 Å². The van der Waals surface area contributed by atoms with Gasteiger partial charge in [0, 0.05) is 43.0 Å². The summed E-state index contributed by atoms with van der Waals surface area (Å²) < 4.78 is 0. The van der Waals surface area contributed by atoms with E-state index in [2.05, 4.69) is 10.3 Å². The summed E-state index contributed by atoms with van der Waals surface area (Å²) in [4.78, 5) is 30.1. The Morgan fingerprint density at radius 2 is 2.35 bits per heavy atom. The molecule has 2 heterocycles. The maximum atomic E-state index is 12.1. The van der Waals surface area contributed by atoms with Crippen molar-refractivity contribution in [1.82, 2.24) is 15.2 Å². The lowest BCUT2D eigenvalue weighted by atomic mass is 10.1. The van der Waals surface area contributed by atoms with Crippen LogP contribution in [0.5, 0.6) is 0 Å². The average Bonchev–Trinajstić information content (AvgIpc) is 3.06. The molecule has 0 unspecified atom stereocenters. The van der Waals surface area contributed by atoms with Gasteiger partial charge in [0.1, 0.15) is 0 Å². The Morgan fingerprint density at radius 1 is 1.55 bits per heavy atom. The third kappa shape index (κ3) is 3.00. The van der Waals surface area contributed by atoms with E-state index in [0.717, 1.165) is 30.0 Å². The van der Waals surface area contributed by atoms with E-state index in [0.29, 0.717) is 25.6 Å². The van der Waals surface area contributed by atoms with E-state index in [1.807, 2.05) is 17.2 Å². The molecule has 0 spiro atoms. The number of nitrogens with one attached hydrogen (secondary N) is 1. The molecule has 1 atom stereocenters. The van der Waals surface area contributed by atoms with Crippen LogP contribution >= 0.6 is 11.3 Å². The average molecular weight is 293 g/mol.